The molecule has 2 heterocycles. The van der Waals surface area contributed by atoms with E-state index >= 15 is 0 Å². The molecule has 0 spiro atoms. The van der Waals surface area contributed by atoms with E-state index in [-0.39, 0.29) is 18.1 Å². The van der Waals surface area contributed by atoms with Gasteiger partial charge in [-0.1, -0.05) is 0 Å². The lowest BCUT2D eigenvalue weighted by Gasteiger charge is -2.32. The van der Waals surface area contributed by atoms with Crippen molar-refractivity contribution >= 4 is 15.9 Å². The number of amides is 1. The number of hydrogen-bond donors (Lipinski definition) is 2. The monoisotopic (exact) mass is 287 g/mol. The summed E-state index contributed by atoms with van der Waals surface area (Å²) < 4.78 is 27.7. The van der Waals surface area contributed by atoms with Gasteiger partial charge in [0.2, 0.25) is 5.91 Å². The number of piperazine rings is 1. The van der Waals surface area contributed by atoms with Crippen molar-refractivity contribution in [1.29, 1.82) is 0 Å². The van der Waals surface area contributed by atoms with Gasteiger partial charge in [0.1, 0.15) is 11.9 Å². The fourth-order valence-corrected chi connectivity index (χ4v) is 3.61. The van der Waals surface area contributed by atoms with E-state index in [2.05, 4.69) is 10.3 Å². The predicted octanol–water partition coefficient (Wildman–Crippen LogP) is -1.82. The van der Waals surface area contributed by atoms with Gasteiger partial charge in [-0.05, 0) is 6.92 Å². The van der Waals surface area contributed by atoms with Gasteiger partial charge in [-0.15, -0.1) is 0 Å². The molecule has 19 heavy (non-hydrogen) atoms. The molecule has 1 aliphatic rings. The van der Waals surface area contributed by atoms with Gasteiger partial charge in [-0.25, -0.2) is 13.4 Å². The number of nitrogens with two attached hydrogens (primary N) is 1. The molecule has 0 aliphatic carbocycles. The van der Waals surface area contributed by atoms with Crippen molar-refractivity contribution in [2.24, 2.45) is 12.8 Å². The van der Waals surface area contributed by atoms with E-state index < -0.39 is 22.0 Å². The van der Waals surface area contributed by atoms with Crippen molar-refractivity contribution in [1.82, 2.24) is 19.2 Å². The summed E-state index contributed by atoms with van der Waals surface area (Å²) in [4.78, 5) is 15.4. The van der Waals surface area contributed by atoms with E-state index in [1.54, 1.807) is 18.5 Å². The third-order valence-corrected chi connectivity index (χ3v) is 4.96. The summed E-state index contributed by atoms with van der Waals surface area (Å²) >= 11 is 0. The van der Waals surface area contributed by atoms with E-state index in [1.807, 2.05) is 0 Å². The number of imidazole rings is 1. The number of sulfonamides is 1. The van der Waals surface area contributed by atoms with E-state index in [1.165, 1.54) is 6.20 Å². The third-order valence-electron chi connectivity index (χ3n) is 3.18. The summed E-state index contributed by atoms with van der Waals surface area (Å²) in [5, 5.41) is 2.90. The van der Waals surface area contributed by atoms with Crippen LogP contribution in [0.25, 0.3) is 0 Å². The number of primary amides is 1. The third kappa shape index (κ3) is 2.48. The second-order valence-electron chi connectivity index (χ2n) is 4.48. The molecule has 2 rings (SSSR count). The normalized spacial score (nSPS) is 21.5. The zero-order valence-electron chi connectivity index (χ0n) is 10.8. The Balaban J connectivity index is 2.39. The quantitative estimate of drug-likeness (QED) is 0.680. The number of nitrogens with zero attached hydrogens (tertiary/aromatic N) is 3. The van der Waals surface area contributed by atoms with E-state index in [0.717, 1.165) is 4.31 Å². The van der Waals surface area contributed by atoms with Crippen LogP contribution in [0.2, 0.25) is 0 Å². The molecular weight excluding hydrogens is 270 g/mol. The molecule has 3 N–H and O–H groups in total. The van der Waals surface area contributed by atoms with E-state index in [0.29, 0.717) is 12.4 Å². The maximum absolute atomic E-state index is 12.5. The number of aromatic nitrogens is 2. The topological polar surface area (TPSA) is 110 Å². The van der Waals surface area contributed by atoms with Gasteiger partial charge >= 0.3 is 0 Å². The molecule has 0 aromatic carbocycles. The largest absolute Gasteiger partial charge is 0.368 e. The first-order valence-corrected chi connectivity index (χ1v) is 7.30. The Kier molecular flexibility index (Phi) is 3.61. The lowest BCUT2D eigenvalue weighted by Crippen LogP contribution is -2.58. The minimum Gasteiger partial charge on any atom is -0.368 e. The SMILES string of the molecule is Cc1nc(S(=O)(=O)N2CCNCC2C(N)=O)cn1C. The Hall–Kier alpha value is -1.45. The van der Waals surface area contributed by atoms with Gasteiger partial charge in [0.05, 0.1) is 0 Å². The van der Waals surface area contributed by atoms with Crippen LogP contribution in [-0.2, 0) is 21.9 Å². The molecule has 1 aromatic rings. The van der Waals surface area contributed by atoms with Gasteiger partial charge in [0.25, 0.3) is 10.0 Å². The zero-order chi connectivity index (χ0) is 14.2. The van der Waals surface area contributed by atoms with Crippen molar-refractivity contribution in [3.05, 3.63) is 12.0 Å². The van der Waals surface area contributed by atoms with E-state index in [9.17, 15) is 13.2 Å². The van der Waals surface area contributed by atoms with Gasteiger partial charge in [-0.2, -0.15) is 4.31 Å². The highest BCUT2D eigenvalue weighted by molar-refractivity contribution is 7.89. The first-order chi connectivity index (χ1) is 8.84. The highest BCUT2D eigenvalue weighted by Crippen LogP contribution is 2.18. The molecule has 1 aliphatic heterocycles. The van der Waals surface area contributed by atoms with E-state index in [4.69, 9.17) is 5.73 Å². The summed E-state index contributed by atoms with van der Waals surface area (Å²) in [6.07, 6.45) is 1.44. The molecule has 1 atom stereocenters. The van der Waals surface area contributed by atoms with Crippen molar-refractivity contribution in [3.8, 4) is 0 Å². The van der Waals surface area contributed by atoms with Crippen LogP contribution >= 0.6 is 0 Å². The second-order valence-corrected chi connectivity index (χ2v) is 6.31. The smallest absolute Gasteiger partial charge is 0.262 e. The van der Waals surface area contributed by atoms with Gasteiger partial charge < -0.3 is 15.6 Å². The summed E-state index contributed by atoms with van der Waals surface area (Å²) in [6, 6.07) is -0.874. The Bertz CT molecular complexity index is 575. The molecule has 106 valence electrons. The lowest BCUT2D eigenvalue weighted by molar-refractivity contribution is -0.122. The fourth-order valence-electron chi connectivity index (χ4n) is 1.99. The maximum Gasteiger partial charge on any atom is 0.262 e. The van der Waals surface area contributed by atoms with Crippen LogP contribution in [0.5, 0.6) is 0 Å². The van der Waals surface area contributed by atoms with Crippen LogP contribution in [0.4, 0.5) is 0 Å². The summed E-state index contributed by atoms with van der Waals surface area (Å²) in [5.41, 5.74) is 5.26. The molecule has 8 nitrogen and oxygen atoms in total. The Morgan fingerprint density at radius 3 is 2.79 bits per heavy atom. The zero-order valence-corrected chi connectivity index (χ0v) is 11.6. The second kappa shape index (κ2) is 4.91. The Labute approximate surface area is 111 Å². The van der Waals surface area contributed by atoms with Crippen molar-refractivity contribution in [2.45, 2.75) is 18.0 Å². The van der Waals surface area contributed by atoms with Crippen LogP contribution in [-0.4, -0.2) is 53.9 Å². The highest BCUT2D eigenvalue weighted by Gasteiger charge is 2.37. The average Bonchev–Trinajstić information content (AvgIpc) is 2.70. The van der Waals surface area contributed by atoms with Crippen molar-refractivity contribution in [2.75, 3.05) is 19.6 Å². The van der Waals surface area contributed by atoms with Gasteiger partial charge in [0.15, 0.2) is 5.03 Å². The number of carbonyl (C=O) groups is 1. The van der Waals surface area contributed by atoms with Crippen molar-refractivity contribution in [3.63, 3.8) is 0 Å². The molecule has 0 saturated carbocycles. The van der Waals surface area contributed by atoms with Crippen LogP contribution < -0.4 is 11.1 Å². The van der Waals surface area contributed by atoms with Crippen LogP contribution in [0.1, 0.15) is 5.82 Å². The number of carbonyl (C=O) groups excluding carboxylic acids is 1. The maximum atomic E-state index is 12.5. The first-order valence-electron chi connectivity index (χ1n) is 5.86. The molecule has 1 saturated heterocycles. The number of nitrogens with one attached hydrogen (secondary N) is 1. The molecule has 9 heteroatoms. The Morgan fingerprint density at radius 1 is 1.58 bits per heavy atom. The summed E-state index contributed by atoms with van der Waals surface area (Å²) in [5.74, 6) is -0.0761. The standard InChI is InChI=1S/C10H17N5O3S/c1-7-13-9(6-14(7)2)19(17,18)15-4-3-12-5-8(15)10(11)16/h6,8,12H,3-5H2,1-2H3,(H2,11,16). The minimum atomic E-state index is -3.80. The molecule has 1 aromatic heterocycles. The molecule has 1 unspecified atom stereocenters. The summed E-state index contributed by atoms with van der Waals surface area (Å²) in [7, 11) is -2.08. The lowest BCUT2D eigenvalue weighted by atomic mass is 10.2. The number of hydrogen-bond acceptors (Lipinski definition) is 5. The van der Waals surface area contributed by atoms with Crippen molar-refractivity contribution < 1.29 is 13.2 Å². The molecule has 0 radical (unpaired) electrons. The predicted molar refractivity (Wildman–Crippen MR) is 67.7 cm³/mol. The number of rotatable bonds is 3. The van der Waals surface area contributed by atoms with Gasteiger partial charge in [-0.3, -0.25) is 4.79 Å². The van der Waals surface area contributed by atoms with Crippen LogP contribution in [0, 0.1) is 6.92 Å². The van der Waals surface area contributed by atoms with Crippen LogP contribution in [0.15, 0.2) is 11.2 Å². The molecule has 1 fully saturated rings. The Morgan fingerprint density at radius 2 is 2.26 bits per heavy atom. The highest BCUT2D eigenvalue weighted by atomic mass is 32.2. The van der Waals surface area contributed by atoms with Gasteiger partial charge in [0, 0.05) is 32.9 Å². The number of aryl methyl sites for hydroxylation is 2. The molecule has 1 amide bonds. The first kappa shape index (κ1) is 14.0. The fraction of sp³-hybridized carbons (Fsp3) is 0.600. The average molecular weight is 287 g/mol. The molecule has 0 bridgehead atoms. The summed E-state index contributed by atoms with van der Waals surface area (Å²) in [6.45, 7) is 2.61. The molecular formula is C10H17N5O3S. The minimum absolute atomic E-state index is 0.0550. The van der Waals surface area contributed by atoms with Crippen LogP contribution in [0.3, 0.4) is 0 Å².